The highest BCUT2D eigenvalue weighted by Crippen LogP contribution is 2.27. The van der Waals surface area contributed by atoms with Crippen LogP contribution < -0.4 is 14.2 Å². The van der Waals surface area contributed by atoms with Crippen LogP contribution in [0.15, 0.2) is 71.6 Å². The number of ether oxygens (including phenoxy) is 3. The highest BCUT2D eigenvalue weighted by molar-refractivity contribution is 7.92. The first-order valence-corrected chi connectivity index (χ1v) is 12.4. The van der Waals surface area contributed by atoms with Crippen molar-refractivity contribution in [2.24, 2.45) is 0 Å². The molecule has 0 fully saturated rings. The fourth-order valence-electron chi connectivity index (χ4n) is 3.34. The molecule has 3 rings (SSSR count). The topological polar surface area (TPSA) is 111 Å². The van der Waals surface area contributed by atoms with E-state index >= 15 is 0 Å². The Kier molecular flexibility index (Phi) is 8.55. The van der Waals surface area contributed by atoms with Gasteiger partial charge in [-0.15, -0.1) is 0 Å². The number of benzene rings is 3. The van der Waals surface area contributed by atoms with Crippen molar-refractivity contribution in [3.8, 4) is 11.5 Å². The van der Waals surface area contributed by atoms with E-state index in [9.17, 15) is 18.0 Å². The smallest absolute Gasteiger partial charge is 0.338 e. The minimum absolute atomic E-state index is 0.0414. The van der Waals surface area contributed by atoms with Crippen molar-refractivity contribution in [1.82, 2.24) is 4.90 Å². The maximum Gasteiger partial charge on any atom is 0.338 e. The van der Waals surface area contributed by atoms with Crippen LogP contribution in [0.25, 0.3) is 0 Å². The number of para-hydroxylation sites is 1. The van der Waals surface area contributed by atoms with Gasteiger partial charge in [-0.2, -0.15) is 0 Å². The number of nitrogens with one attached hydrogen (secondary N) is 1. The molecule has 0 radical (unpaired) electrons. The lowest BCUT2D eigenvalue weighted by molar-refractivity contribution is -0.133. The highest BCUT2D eigenvalue weighted by Gasteiger charge is 2.23. The van der Waals surface area contributed by atoms with E-state index in [1.807, 2.05) is 25.1 Å². The summed E-state index contributed by atoms with van der Waals surface area (Å²) < 4.78 is 44.1. The number of likely N-dealkylation sites (N-methyl/N-ethyl adjacent to an activating group) is 1. The number of amides is 1. The van der Waals surface area contributed by atoms with E-state index in [1.54, 1.807) is 44.5 Å². The summed E-state index contributed by atoms with van der Waals surface area (Å²) in [5, 5.41) is 0. The summed E-state index contributed by atoms with van der Waals surface area (Å²) in [4.78, 5) is 26.3. The molecule has 0 unspecified atom stereocenters. The van der Waals surface area contributed by atoms with E-state index in [1.165, 1.54) is 24.1 Å². The Morgan fingerprint density at radius 1 is 0.917 bits per heavy atom. The van der Waals surface area contributed by atoms with Crippen LogP contribution in [-0.2, 0) is 26.1 Å². The summed E-state index contributed by atoms with van der Waals surface area (Å²) >= 11 is 0. The van der Waals surface area contributed by atoms with Crippen LogP contribution in [-0.4, -0.2) is 53.1 Å². The quantitative estimate of drug-likeness (QED) is 0.413. The van der Waals surface area contributed by atoms with Crippen molar-refractivity contribution >= 4 is 27.6 Å². The number of esters is 1. The lowest BCUT2D eigenvalue weighted by Gasteiger charge is -2.19. The number of anilines is 1. The Morgan fingerprint density at radius 3 is 2.25 bits per heavy atom. The van der Waals surface area contributed by atoms with Gasteiger partial charge in [-0.3, -0.25) is 9.52 Å². The summed E-state index contributed by atoms with van der Waals surface area (Å²) in [6.07, 6.45) is 0. The molecule has 0 aliphatic heterocycles. The molecule has 1 N–H and O–H groups in total. The number of hydrogen-bond donors (Lipinski definition) is 1. The first kappa shape index (κ1) is 26.6. The monoisotopic (exact) mass is 512 g/mol. The van der Waals surface area contributed by atoms with E-state index in [4.69, 9.17) is 14.2 Å². The lowest BCUT2D eigenvalue weighted by Crippen LogP contribution is -2.31. The van der Waals surface area contributed by atoms with Gasteiger partial charge in [0.2, 0.25) is 0 Å². The molecule has 0 aliphatic rings. The van der Waals surface area contributed by atoms with Crippen molar-refractivity contribution in [2.75, 3.05) is 32.6 Å². The summed E-state index contributed by atoms with van der Waals surface area (Å²) in [5.41, 5.74) is 2.09. The molecule has 0 saturated heterocycles. The third-order valence-corrected chi connectivity index (χ3v) is 6.75. The number of sulfonamides is 1. The molecule has 190 valence electrons. The molecule has 3 aromatic rings. The van der Waals surface area contributed by atoms with Crippen molar-refractivity contribution < 1.29 is 32.2 Å². The van der Waals surface area contributed by atoms with Crippen LogP contribution >= 0.6 is 0 Å². The van der Waals surface area contributed by atoms with Crippen molar-refractivity contribution in [1.29, 1.82) is 0 Å². The zero-order valence-electron chi connectivity index (χ0n) is 20.5. The van der Waals surface area contributed by atoms with Gasteiger partial charge in [-0.05, 0) is 43.3 Å². The van der Waals surface area contributed by atoms with Crippen molar-refractivity contribution in [3.05, 3.63) is 83.4 Å². The molecule has 3 aromatic carbocycles. The van der Waals surface area contributed by atoms with Crippen LogP contribution in [0.5, 0.6) is 11.5 Å². The molecular formula is C26H28N2O7S. The predicted molar refractivity (Wildman–Crippen MR) is 135 cm³/mol. The Morgan fingerprint density at radius 2 is 1.58 bits per heavy atom. The largest absolute Gasteiger partial charge is 0.496 e. The zero-order chi connectivity index (χ0) is 26.3. The number of aryl methyl sites for hydroxylation is 1. The second kappa shape index (κ2) is 11.6. The molecule has 0 aliphatic carbocycles. The number of nitrogens with zero attached hydrogens (tertiary/aromatic N) is 1. The summed E-state index contributed by atoms with van der Waals surface area (Å²) in [7, 11) is 0.372. The van der Waals surface area contributed by atoms with Gasteiger partial charge in [-0.1, -0.05) is 35.9 Å². The Bertz CT molecular complexity index is 1340. The predicted octanol–water partition coefficient (Wildman–Crippen LogP) is 3.63. The van der Waals surface area contributed by atoms with E-state index in [0.717, 1.165) is 17.2 Å². The number of rotatable bonds is 10. The molecule has 0 saturated carbocycles. The molecule has 0 bridgehead atoms. The van der Waals surface area contributed by atoms with Crippen molar-refractivity contribution in [2.45, 2.75) is 18.4 Å². The fourth-order valence-corrected chi connectivity index (χ4v) is 4.60. The second-order valence-corrected chi connectivity index (χ2v) is 9.63. The fraction of sp³-hybridized carbons (Fsp3) is 0.231. The van der Waals surface area contributed by atoms with Crippen LogP contribution in [0.3, 0.4) is 0 Å². The van der Waals surface area contributed by atoms with Gasteiger partial charge in [0.05, 0.1) is 19.8 Å². The zero-order valence-corrected chi connectivity index (χ0v) is 21.3. The van der Waals surface area contributed by atoms with Crippen molar-refractivity contribution in [3.63, 3.8) is 0 Å². The number of methoxy groups -OCH3 is 2. The van der Waals surface area contributed by atoms with Gasteiger partial charge < -0.3 is 19.1 Å². The van der Waals surface area contributed by atoms with Gasteiger partial charge in [0, 0.05) is 24.8 Å². The average molecular weight is 513 g/mol. The molecular weight excluding hydrogens is 484 g/mol. The first-order chi connectivity index (χ1) is 17.1. The van der Waals surface area contributed by atoms with Gasteiger partial charge in [0.25, 0.3) is 15.9 Å². The Labute approximate surface area is 210 Å². The van der Waals surface area contributed by atoms with Crippen LogP contribution in [0.4, 0.5) is 5.69 Å². The first-order valence-electron chi connectivity index (χ1n) is 10.9. The third-order valence-electron chi connectivity index (χ3n) is 5.35. The second-order valence-electron chi connectivity index (χ2n) is 7.97. The molecule has 10 heteroatoms. The van der Waals surface area contributed by atoms with Gasteiger partial charge in [-0.25, -0.2) is 13.2 Å². The lowest BCUT2D eigenvalue weighted by atomic mass is 10.2. The molecule has 0 aromatic heterocycles. The Hall–Kier alpha value is -4.05. The van der Waals surface area contributed by atoms with Gasteiger partial charge in [0.15, 0.2) is 6.61 Å². The van der Waals surface area contributed by atoms with Crippen LogP contribution in [0.2, 0.25) is 0 Å². The summed E-state index contributed by atoms with van der Waals surface area (Å²) in [6.45, 7) is 1.63. The van der Waals surface area contributed by atoms with Crippen LogP contribution in [0.1, 0.15) is 21.5 Å². The SMILES string of the molecule is COc1ccccc1CN(C)C(=O)COC(=O)c1ccc(OC)c(S(=O)(=O)Nc2ccc(C)cc2)c1. The number of hydrogen-bond acceptors (Lipinski definition) is 7. The maximum absolute atomic E-state index is 13.0. The average Bonchev–Trinajstić information content (AvgIpc) is 2.88. The van der Waals surface area contributed by atoms with E-state index < -0.39 is 28.5 Å². The molecule has 0 heterocycles. The maximum atomic E-state index is 13.0. The number of carbonyl (C=O) groups is 2. The Balaban J connectivity index is 1.70. The molecule has 36 heavy (non-hydrogen) atoms. The normalized spacial score (nSPS) is 10.9. The number of carbonyl (C=O) groups excluding carboxylic acids is 2. The van der Waals surface area contributed by atoms with E-state index in [2.05, 4.69) is 4.72 Å². The van der Waals surface area contributed by atoms with Gasteiger partial charge >= 0.3 is 5.97 Å². The molecule has 1 amide bonds. The third kappa shape index (κ3) is 6.54. The van der Waals surface area contributed by atoms with Crippen LogP contribution in [0, 0.1) is 6.92 Å². The molecule has 0 spiro atoms. The molecule has 0 atom stereocenters. The van der Waals surface area contributed by atoms with E-state index in [0.29, 0.717) is 11.4 Å². The molecule has 9 nitrogen and oxygen atoms in total. The minimum atomic E-state index is -4.08. The summed E-state index contributed by atoms with van der Waals surface area (Å²) in [5.74, 6) is -0.584. The van der Waals surface area contributed by atoms with Gasteiger partial charge in [0.1, 0.15) is 16.4 Å². The van der Waals surface area contributed by atoms with E-state index in [-0.39, 0.29) is 22.8 Å². The standard InChI is InChI=1S/C26H28N2O7S/c1-18-9-12-21(13-10-18)27-36(31,32)24-15-19(11-14-23(24)34-4)26(30)35-17-25(29)28(2)16-20-7-5-6-8-22(20)33-3/h5-15,27H,16-17H2,1-4H3. The summed E-state index contributed by atoms with van der Waals surface area (Å²) in [6, 6.07) is 18.0. The highest BCUT2D eigenvalue weighted by atomic mass is 32.2. The minimum Gasteiger partial charge on any atom is -0.496 e.